The molecule has 1 heterocycles. The fourth-order valence-electron chi connectivity index (χ4n) is 2.50. The highest BCUT2D eigenvalue weighted by molar-refractivity contribution is 7.99. The van der Waals surface area contributed by atoms with E-state index < -0.39 is 0 Å². The van der Waals surface area contributed by atoms with Crippen LogP contribution in [0.5, 0.6) is 0 Å². The van der Waals surface area contributed by atoms with Crippen molar-refractivity contribution in [3.63, 3.8) is 0 Å². The van der Waals surface area contributed by atoms with Crippen LogP contribution in [-0.2, 0) is 4.79 Å². The van der Waals surface area contributed by atoms with Gasteiger partial charge in [-0.25, -0.2) is 9.98 Å². The topological polar surface area (TPSA) is 60.8 Å². The van der Waals surface area contributed by atoms with Crippen molar-refractivity contribution in [2.75, 3.05) is 46.5 Å². The van der Waals surface area contributed by atoms with Crippen molar-refractivity contribution >= 4 is 35.0 Å². The Morgan fingerprint density at radius 1 is 1.29 bits per heavy atom. The third kappa shape index (κ3) is 7.52. The predicted octanol–water partition coefficient (Wildman–Crippen LogP) is 3.00. The normalized spacial score (nSPS) is 12.5. The number of thiazole rings is 1. The minimum absolute atomic E-state index is 0.0145. The quantitative estimate of drug-likeness (QED) is 0.293. The molecule has 1 atom stereocenters. The van der Waals surface area contributed by atoms with Crippen LogP contribution >= 0.6 is 23.1 Å². The summed E-state index contributed by atoms with van der Waals surface area (Å²) in [6.45, 7) is 3.84. The minimum atomic E-state index is -0.0145. The molecule has 152 valence electrons. The van der Waals surface area contributed by atoms with Gasteiger partial charge in [-0.15, -0.1) is 23.1 Å². The summed E-state index contributed by atoms with van der Waals surface area (Å²) in [7, 11) is 5.49. The van der Waals surface area contributed by atoms with Crippen LogP contribution < -0.4 is 5.32 Å². The molecule has 1 amide bonds. The Kier molecular flexibility index (Phi) is 9.30. The molecule has 1 aromatic heterocycles. The summed E-state index contributed by atoms with van der Waals surface area (Å²) < 4.78 is 0. The van der Waals surface area contributed by atoms with Crippen LogP contribution in [-0.4, -0.2) is 73.2 Å². The van der Waals surface area contributed by atoms with Crippen molar-refractivity contribution in [3.8, 4) is 0 Å². The van der Waals surface area contributed by atoms with E-state index in [9.17, 15) is 4.79 Å². The Morgan fingerprint density at radius 2 is 2.04 bits per heavy atom. The second-order valence-corrected chi connectivity index (χ2v) is 8.76. The molecule has 1 N–H and O–H groups in total. The first-order valence-electron chi connectivity index (χ1n) is 9.24. The molecule has 6 nitrogen and oxygen atoms in total. The number of rotatable bonds is 9. The van der Waals surface area contributed by atoms with Gasteiger partial charge in [0, 0.05) is 62.4 Å². The summed E-state index contributed by atoms with van der Waals surface area (Å²) in [6.07, 6.45) is 1.83. The number of benzene rings is 1. The highest BCUT2D eigenvalue weighted by Gasteiger charge is 2.15. The lowest BCUT2D eigenvalue weighted by Crippen LogP contribution is -2.42. The van der Waals surface area contributed by atoms with Crippen LogP contribution in [0.4, 0.5) is 0 Å². The van der Waals surface area contributed by atoms with Crippen molar-refractivity contribution in [1.29, 1.82) is 0 Å². The second kappa shape index (κ2) is 11.7. The van der Waals surface area contributed by atoms with E-state index in [0.29, 0.717) is 5.92 Å². The average Bonchev–Trinajstić information content (AvgIpc) is 3.22. The molecule has 0 aliphatic heterocycles. The molecule has 0 bridgehead atoms. The lowest BCUT2D eigenvalue weighted by atomic mass is 10.2. The van der Waals surface area contributed by atoms with Gasteiger partial charge >= 0.3 is 0 Å². The Bertz CT molecular complexity index is 734. The molecule has 1 unspecified atom stereocenters. The largest absolute Gasteiger partial charge is 0.355 e. The van der Waals surface area contributed by atoms with Gasteiger partial charge in [0.25, 0.3) is 0 Å². The first-order chi connectivity index (χ1) is 13.5. The van der Waals surface area contributed by atoms with Gasteiger partial charge in [0.05, 0.1) is 5.01 Å². The molecular formula is C20H29N5OS2. The third-order valence-electron chi connectivity index (χ3n) is 4.04. The van der Waals surface area contributed by atoms with Crippen molar-refractivity contribution in [3.05, 3.63) is 46.9 Å². The highest BCUT2D eigenvalue weighted by Crippen LogP contribution is 2.18. The molecule has 0 radical (unpaired) electrons. The smallest absolute Gasteiger partial charge is 0.243 e. The van der Waals surface area contributed by atoms with Crippen LogP contribution in [0.2, 0.25) is 0 Å². The summed E-state index contributed by atoms with van der Waals surface area (Å²) >= 11 is 3.46. The maximum absolute atomic E-state index is 12.0. The number of nitrogens with one attached hydrogen (secondary N) is 1. The van der Waals surface area contributed by atoms with Gasteiger partial charge < -0.3 is 15.1 Å². The van der Waals surface area contributed by atoms with Gasteiger partial charge in [-0.3, -0.25) is 4.79 Å². The van der Waals surface area contributed by atoms with E-state index in [4.69, 9.17) is 0 Å². The van der Waals surface area contributed by atoms with Crippen LogP contribution in [0.1, 0.15) is 17.8 Å². The van der Waals surface area contributed by atoms with Gasteiger partial charge in [0.2, 0.25) is 5.91 Å². The summed E-state index contributed by atoms with van der Waals surface area (Å²) in [5.74, 6) is 1.94. The van der Waals surface area contributed by atoms with Crippen molar-refractivity contribution < 1.29 is 4.79 Å². The van der Waals surface area contributed by atoms with Gasteiger partial charge in [0.1, 0.15) is 6.54 Å². The van der Waals surface area contributed by atoms with Crippen molar-refractivity contribution in [2.24, 2.45) is 4.99 Å². The number of likely N-dealkylation sites (N-methyl/N-ethyl adjacent to an activating group) is 2. The first-order valence-corrected chi connectivity index (χ1v) is 11.1. The van der Waals surface area contributed by atoms with Gasteiger partial charge in [-0.05, 0) is 12.1 Å². The molecule has 2 rings (SSSR count). The Labute approximate surface area is 176 Å². The number of aromatic nitrogens is 1. The Balaban J connectivity index is 1.93. The Hall–Kier alpha value is -2.06. The zero-order chi connectivity index (χ0) is 20.4. The maximum Gasteiger partial charge on any atom is 0.243 e. The van der Waals surface area contributed by atoms with E-state index >= 15 is 0 Å². The number of carbonyl (C=O) groups is 1. The number of guanidine groups is 1. The maximum atomic E-state index is 12.0. The van der Waals surface area contributed by atoms with Gasteiger partial charge in [-0.1, -0.05) is 25.1 Å². The second-order valence-electron chi connectivity index (χ2n) is 6.67. The van der Waals surface area contributed by atoms with Crippen molar-refractivity contribution in [2.45, 2.75) is 17.7 Å². The number of thioether (sulfide) groups is 1. The number of amides is 1. The molecule has 0 saturated carbocycles. The Morgan fingerprint density at radius 3 is 2.68 bits per heavy atom. The number of carbonyl (C=O) groups excluding carboxylic acids is 1. The molecule has 0 aliphatic carbocycles. The summed E-state index contributed by atoms with van der Waals surface area (Å²) in [5.41, 5.74) is 0. The lowest BCUT2D eigenvalue weighted by Gasteiger charge is -2.25. The van der Waals surface area contributed by atoms with E-state index in [1.165, 1.54) is 4.90 Å². The molecule has 28 heavy (non-hydrogen) atoms. The molecular weight excluding hydrogens is 390 g/mol. The number of nitrogens with zero attached hydrogens (tertiary/aromatic N) is 4. The van der Waals surface area contributed by atoms with E-state index in [0.717, 1.165) is 29.8 Å². The van der Waals surface area contributed by atoms with E-state index in [2.05, 4.69) is 39.2 Å². The molecule has 0 saturated heterocycles. The highest BCUT2D eigenvalue weighted by atomic mass is 32.2. The van der Waals surface area contributed by atoms with Crippen LogP contribution in [0.3, 0.4) is 0 Å². The van der Waals surface area contributed by atoms with Crippen LogP contribution in [0.15, 0.2) is 51.8 Å². The number of hydrogen-bond donors (Lipinski definition) is 1. The molecule has 0 fully saturated rings. The summed E-state index contributed by atoms with van der Waals surface area (Å²) in [6, 6.07) is 10.3. The van der Waals surface area contributed by atoms with E-state index in [1.807, 2.05) is 36.8 Å². The first kappa shape index (κ1) is 22.2. The van der Waals surface area contributed by atoms with E-state index in [-0.39, 0.29) is 12.5 Å². The molecule has 8 heteroatoms. The molecule has 0 spiro atoms. The van der Waals surface area contributed by atoms with Crippen LogP contribution in [0.25, 0.3) is 0 Å². The number of aliphatic imine (C=N–C) groups is 1. The van der Waals surface area contributed by atoms with Crippen molar-refractivity contribution in [1.82, 2.24) is 20.1 Å². The van der Waals surface area contributed by atoms with Crippen LogP contribution in [0, 0.1) is 0 Å². The standard InChI is InChI=1S/C20H29N5OS2/c1-16(19-21-10-13-28-19)15-25(4)20(23-14-18(26)24(2)3)22-11-12-27-17-8-6-5-7-9-17/h5-10,13,16H,11-12,14-15H2,1-4H3,(H,22,23). The third-order valence-corrected chi connectivity index (χ3v) is 6.06. The lowest BCUT2D eigenvalue weighted by molar-refractivity contribution is -0.127. The zero-order valence-corrected chi connectivity index (χ0v) is 18.6. The van der Waals surface area contributed by atoms with E-state index in [1.54, 1.807) is 42.1 Å². The number of hydrogen-bond acceptors (Lipinski definition) is 5. The SMILES string of the molecule is CC(CN(C)C(=NCC(=O)N(C)C)NCCSc1ccccc1)c1nccs1. The summed E-state index contributed by atoms with van der Waals surface area (Å²) in [5, 5.41) is 6.50. The minimum Gasteiger partial charge on any atom is -0.355 e. The zero-order valence-electron chi connectivity index (χ0n) is 17.0. The average molecular weight is 420 g/mol. The van der Waals surface area contributed by atoms with Gasteiger partial charge in [-0.2, -0.15) is 0 Å². The fourth-order valence-corrected chi connectivity index (χ4v) is 3.98. The molecule has 0 aliphatic rings. The van der Waals surface area contributed by atoms with Gasteiger partial charge in [0.15, 0.2) is 5.96 Å². The summed E-state index contributed by atoms with van der Waals surface area (Å²) in [4.78, 5) is 25.8. The molecule has 2 aromatic rings. The molecule has 1 aromatic carbocycles. The predicted molar refractivity (Wildman–Crippen MR) is 119 cm³/mol. The monoisotopic (exact) mass is 419 g/mol. The fraction of sp³-hybridized carbons (Fsp3) is 0.450.